The van der Waals surface area contributed by atoms with Crippen LogP contribution in [0.1, 0.15) is 12.8 Å². The normalized spacial score (nSPS) is 25.9. The van der Waals surface area contributed by atoms with Gasteiger partial charge in [0.15, 0.2) is 0 Å². The molecule has 0 aliphatic carbocycles. The summed E-state index contributed by atoms with van der Waals surface area (Å²) in [6.45, 7) is -0.577. The van der Waals surface area contributed by atoms with Crippen molar-refractivity contribution in [3.63, 3.8) is 0 Å². The zero-order chi connectivity index (χ0) is 21.6. The number of phosphoric ester groups is 1. The Hall–Kier alpha value is -0.500. The third-order valence-electron chi connectivity index (χ3n) is 3.18. The van der Waals surface area contributed by atoms with E-state index >= 15 is 0 Å². The van der Waals surface area contributed by atoms with Crippen molar-refractivity contribution in [3.05, 3.63) is 12.3 Å². The first-order chi connectivity index (χ1) is 12.8. The van der Waals surface area contributed by atoms with Gasteiger partial charge in [0.05, 0.1) is 18.9 Å². The standard InChI is InChI=1S/C10H22N3O12P3/c1-12-9(11)4-5-13(7-14)10-3-2-8(23-10)6-22-27(18,19)25-28(20,21)24-26(15,16)17/h4-5,7-10,12H,2-3,6,11H2,1H3,(H,18,19)(H,20,21)(H2,15,16,17)/b5-4-. The molecule has 18 heteroatoms. The van der Waals surface area contributed by atoms with E-state index < -0.39 is 48.6 Å². The van der Waals surface area contributed by atoms with Crippen molar-refractivity contribution in [2.45, 2.75) is 31.3 Å². The Balaban J connectivity index is 2.56. The predicted octanol–water partition coefficient (Wildman–Crippen LogP) is -0.689. The van der Waals surface area contributed by atoms with Gasteiger partial charge in [0.1, 0.15) is 6.23 Å². The number of phosphoric acid groups is 3. The quantitative estimate of drug-likeness (QED) is 0.118. The number of carbonyl (C=O) groups excluding carboxylic acids is 1. The van der Waals surface area contributed by atoms with Gasteiger partial charge in [-0.05, 0) is 26.0 Å². The van der Waals surface area contributed by atoms with Crippen molar-refractivity contribution in [1.29, 1.82) is 0 Å². The Kier molecular flexibility index (Phi) is 9.58. The lowest BCUT2D eigenvalue weighted by Gasteiger charge is -2.22. The van der Waals surface area contributed by atoms with Gasteiger partial charge in [-0.3, -0.25) is 14.2 Å². The maximum Gasteiger partial charge on any atom is 0.490 e. The number of hydrogen-bond donors (Lipinski definition) is 6. The number of hydrogen-bond acceptors (Lipinski definition) is 10. The van der Waals surface area contributed by atoms with Crippen LogP contribution in [0.3, 0.4) is 0 Å². The van der Waals surface area contributed by atoms with E-state index in [0.717, 1.165) is 0 Å². The summed E-state index contributed by atoms with van der Waals surface area (Å²) in [6.07, 6.45) is 2.06. The molecule has 0 saturated carbocycles. The van der Waals surface area contributed by atoms with Gasteiger partial charge in [0, 0.05) is 6.20 Å². The monoisotopic (exact) mass is 469 g/mol. The summed E-state index contributed by atoms with van der Waals surface area (Å²) in [5.41, 5.74) is 5.61. The van der Waals surface area contributed by atoms with Crippen LogP contribution in [0, 0.1) is 0 Å². The molecule has 5 atom stereocenters. The molecular formula is C10H22N3O12P3. The van der Waals surface area contributed by atoms with Crippen LogP contribution in [0.5, 0.6) is 0 Å². The van der Waals surface area contributed by atoms with Crippen LogP contribution in [0.4, 0.5) is 0 Å². The molecule has 1 amide bonds. The minimum absolute atomic E-state index is 0.302. The minimum atomic E-state index is -5.57. The Morgan fingerprint density at radius 2 is 1.86 bits per heavy atom. The van der Waals surface area contributed by atoms with Crippen LogP contribution in [0.25, 0.3) is 0 Å². The summed E-state index contributed by atoms with van der Waals surface area (Å²) in [7, 11) is -14.6. The van der Waals surface area contributed by atoms with Gasteiger partial charge >= 0.3 is 23.5 Å². The lowest BCUT2D eigenvalue weighted by Crippen LogP contribution is -2.34. The molecule has 0 aromatic heterocycles. The molecule has 1 aliphatic heterocycles. The van der Waals surface area contributed by atoms with Gasteiger partial charge in [0.2, 0.25) is 6.41 Å². The first kappa shape index (κ1) is 25.5. The summed E-state index contributed by atoms with van der Waals surface area (Å²) in [5, 5.41) is 2.73. The number of nitrogens with two attached hydrogens (primary N) is 1. The van der Waals surface area contributed by atoms with Gasteiger partial charge in [0.25, 0.3) is 0 Å². The summed E-state index contributed by atoms with van der Waals surface area (Å²) in [6, 6.07) is 0. The Morgan fingerprint density at radius 3 is 2.39 bits per heavy atom. The first-order valence-electron chi connectivity index (χ1n) is 7.54. The Morgan fingerprint density at radius 1 is 1.21 bits per heavy atom. The number of carbonyl (C=O) groups is 1. The largest absolute Gasteiger partial charge is 0.490 e. The molecule has 164 valence electrons. The molecule has 7 N–H and O–H groups in total. The average Bonchev–Trinajstić information content (AvgIpc) is 2.99. The van der Waals surface area contributed by atoms with E-state index in [1.807, 2.05) is 0 Å². The SMILES string of the molecule is CNC(N)/C=C\N(C=O)C1CCC(COP(=O)(O)OP(=O)(O)OP(=O)(O)O)O1. The maximum absolute atomic E-state index is 11.6. The smallest absolute Gasteiger partial charge is 0.352 e. The van der Waals surface area contributed by atoms with Crippen LogP contribution < -0.4 is 11.1 Å². The fourth-order valence-corrected chi connectivity index (χ4v) is 5.05. The molecular weight excluding hydrogens is 447 g/mol. The highest BCUT2D eigenvalue weighted by Gasteiger charge is 2.41. The van der Waals surface area contributed by atoms with E-state index in [4.69, 9.17) is 25.2 Å². The van der Waals surface area contributed by atoms with E-state index in [-0.39, 0.29) is 0 Å². The van der Waals surface area contributed by atoms with Gasteiger partial charge in [-0.1, -0.05) is 0 Å². The van der Waals surface area contributed by atoms with Crippen molar-refractivity contribution < 1.29 is 55.9 Å². The third-order valence-corrected chi connectivity index (χ3v) is 6.98. The molecule has 1 fully saturated rings. The van der Waals surface area contributed by atoms with Crippen molar-refractivity contribution in [1.82, 2.24) is 10.2 Å². The summed E-state index contributed by atoms with van der Waals surface area (Å²) < 4.78 is 50.6. The van der Waals surface area contributed by atoms with Crippen LogP contribution in [0.15, 0.2) is 12.3 Å². The number of rotatable bonds is 12. The van der Waals surface area contributed by atoms with E-state index in [1.54, 1.807) is 7.05 Å². The topological polar surface area (TPSA) is 227 Å². The summed E-state index contributed by atoms with van der Waals surface area (Å²) in [5.74, 6) is 0. The molecule has 5 unspecified atom stereocenters. The van der Waals surface area contributed by atoms with Crippen LogP contribution in [0.2, 0.25) is 0 Å². The van der Waals surface area contributed by atoms with E-state index in [9.17, 15) is 23.4 Å². The Bertz CT molecular complexity index is 698. The molecule has 1 saturated heterocycles. The number of likely N-dealkylation sites (N-methyl/N-ethyl adjacent to an activating group) is 1. The molecule has 0 spiro atoms. The fourth-order valence-electron chi connectivity index (χ4n) is 2.00. The van der Waals surface area contributed by atoms with Crippen LogP contribution >= 0.6 is 23.5 Å². The molecule has 0 aromatic rings. The van der Waals surface area contributed by atoms with Crippen LogP contribution in [-0.4, -0.2) is 63.0 Å². The van der Waals surface area contributed by atoms with E-state index in [2.05, 4.69) is 18.5 Å². The molecule has 28 heavy (non-hydrogen) atoms. The highest BCUT2D eigenvalue weighted by molar-refractivity contribution is 7.66. The zero-order valence-electron chi connectivity index (χ0n) is 14.5. The maximum atomic E-state index is 11.6. The number of ether oxygens (including phenoxy) is 1. The second-order valence-electron chi connectivity index (χ2n) is 5.39. The zero-order valence-corrected chi connectivity index (χ0v) is 17.2. The van der Waals surface area contributed by atoms with Gasteiger partial charge in [-0.2, -0.15) is 8.62 Å². The number of amides is 1. The Labute approximate surface area is 159 Å². The lowest BCUT2D eigenvalue weighted by molar-refractivity contribution is -0.127. The summed E-state index contributed by atoms with van der Waals surface area (Å²) >= 11 is 0. The highest BCUT2D eigenvalue weighted by Crippen LogP contribution is 2.66. The van der Waals surface area contributed by atoms with Gasteiger partial charge in [-0.25, -0.2) is 13.7 Å². The highest BCUT2D eigenvalue weighted by atomic mass is 31.3. The third kappa shape index (κ3) is 9.81. The summed E-state index contributed by atoms with van der Waals surface area (Å²) in [4.78, 5) is 47.7. The molecule has 15 nitrogen and oxygen atoms in total. The first-order valence-corrected chi connectivity index (χ1v) is 12.1. The van der Waals surface area contributed by atoms with Crippen LogP contribution in [-0.2, 0) is 36.4 Å². The second-order valence-corrected chi connectivity index (χ2v) is 9.81. The molecule has 0 radical (unpaired) electrons. The van der Waals surface area contributed by atoms with E-state index in [1.165, 1.54) is 17.2 Å². The predicted molar refractivity (Wildman–Crippen MR) is 91.8 cm³/mol. The van der Waals surface area contributed by atoms with E-state index in [0.29, 0.717) is 19.3 Å². The molecule has 1 rings (SSSR count). The number of nitrogens with one attached hydrogen (secondary N) is 1. The lowest BCUT2D eigenvalue weighted by atomic mass is 10.2. The molecule has 0 aromatic carbocycles. The van der Waals surface area contributed by atoms with Crippen molar-refractivity contribution in [2.24, 2.45) is 5.73 Å². The van der Waals surface area contributed by atoms with Gasteiger partial charge < -0.3 is 35.4 Å². The van der Waals surface area contributed by atoms with Crippen molar-refractivity contribution in [2.75, 3.05) is 13.7 Å². The second kappa shape index (κ2) is 10.5. The van der Waals surface area contributed by atoms with Crippen molar-refractivity contribution >= 4 is 29.9 Å². The molecule has 0 bridgehead atoms. The molecule has 1 heterocycles. The minimum Gasteiger partial charge on any atom is -0.352 e. The van der Waals surface area contributed by atoms with Gasteiger partial charge in [-0.15, -0.1) is 0 Å². The van der Waals surface area contributed by atoms with Crippen molar-refractivity contribution in [3.8, 4) is 0 Å². The number of nitrogens with zero attached hydrogens (tertiary/aromatic N) is 1. The fraction of sp³-hybridized carbons (Fsp3) is 0.700. The molecule has 1 aliphatic rings. The average molecular weight is 469 g/mol.